The predicted molar refractivity (Wildman–Crippen MR) is 132 cm³/mol. The average Bonchev–Trinajstić information content (AvgIpc) is 3.25. The molecular weight excluding hydrogens is 466 g/mol. The number of aromatic nitrogens is 1. The number of fused-ring (bicyclic) bond motifs is 1. The summed E-state index contributed by atoms with van der Waals surface area (Å²) >= 11 is 0. The van der Waals surface area contributed by atoms with E-state index >= 15 is 0 Å². The molecule has 0 radical (unpaired) electrons. The number of nitrogens with one attached hydrogen (secondary N) is 4. The summed E-state index contributed by atoms with van der Waals surface area (Å²) in [5.41, 5.74) is 8.41. The van der Waals surface area contributed by atoms with E-state index in [1.54, 1.807) is 18.3 Å². The van der Waals surface area contributed by atoms with Crippen LogP contribution in [0, 0.1) is 0 Å². The van der Waals surface area contributed by atoms with E-state index in [2.05, 4.69) is 20.9 Å². The Morgan fingerprint density at radius 1 is 0.972 bits per heavy atom. The highest BCUT2D eigenvalue weighted by molar-refractivity contribution is 5.92. The SMILES string of the molecule is CC(NC(=O)CNC(=O)C(N)Cc1c[nH]c2ccccc12)C(=O)NC(Cc1ccc(O)cc1)C(=O)O. The lowest BCUT2D eigenvalue weighted by Gasteiger charge is -2.19. The molecule has 3 atom stereocenters. The number of nitrogens with two attached hydrogens (primary N) is 1. The van der Waals surface area contributed by atoms with Gasteiger partial charge in [0.15, 0.2) is 0 Å². The number of phenolic OH excluding ortho intramolecular Hbond substituents is 1. The quantitative estimate of drug-likeness (QED) is 0.198. The number of rotatable bonds is 11. The molecule has 0 fully saturated rings. The molecule has 0 aliphatic carbocycles. The Hall–Kier alpha value is -4.38. The van der Waals surface area contributed by atoms with Gasteiger partial charge in [0.05, 0.1) is 12.6 Å². The summed E-state index contributed by atoms with van der Waals surface area (Å²) in [7, 11) is 0. The fourth-order valence-corrected chi connectivity index (χ4v) is 3.65. The summed E-state index contributed by atoms with van der Waals surface area (Å²) in [6, 6.07) is 10.4. The number of hydrogen-bond donors (Lipinski definition) is 7. The first kappa shape index (κ1) is 26.2. The number of carboxylic acids is 1. The lowest BCUT2D eigenvalue weighted by atomic mass is 10.1. The van der Waals surface area contributed by atoms with E-state index in [1.807, 2.05) is 24.3 Å². The summed E-state index contributed by atoms with van der Waals surface area (Å²) in [6.07, 6.45) is 2.05. The van der Waals surface area contributed by atoms with Crippen molar-refractivity contribution in [1.29, 1.82) is 0 Å². The second kappa shape index (κ2) is 11.8. The number of aromatic hydroxyl groups is 1. The number of aromatic amines is 1. The molecule has 3 unspecified atom stereocenters. The van der Waals surface area contributed by atoms with Crippen molar-refractivity contribution in [2.75, 3.05) is 6.54 Å². The maximum atomic E-state index is 12.4. The van der Waals surface area contributed by atoms with E-state index in [4.69, 9.17) is 5.73 Å². The maximum absolute atomic E-state index is 12.4. The first-order chi connectivity index (χ1) is 17.1. The number of para-hydroxylation sites is 1. The molecule has 190 valence electrons. The van der Waals surface area contributed by atoms with Crippen molar-refractivity contribution in [2.45, 2.75) is 37.9 Å². The number of aliphatic carboxylic acids is 1. The van der Waals surface area contributed by atoms with Gasteiger partial charge in [-0.05, 0) is 42.7 Å². The van der Waals surface area contributed by atoms with Crippen molar-refractivity contribution in [2.24, 2.45) is 5.73 Å². The molecule has 3 rings (SSSR count). The van der Waals surface area contributed by atoms with Crippen LogP contribution < -0.4 is 21.7 Å². The van der Waals surface area contributed by atoms with E-state index in [0.29, 0.717) is 5.56 Å². The molecule has 0 aliphatic heterocycles. The molecule has 2 aromatic carbocycles. The van der Waals surface area contributed by atoms with Gasteiger partial charge in [-0.1, -0.05) is 30.3 Å². The average molecular weight is 496 g/mol. The van der Waals surface area contributed by atoms with E-state index in [0.717, 1.165) is 16.5 Å². The second-order valence-electron chi connectivity index (χ2n) is 8.45. The molecule has 3 aromatic rings. The van der Waals surface area contributed by atoms with E-state index < -0.39 is 48.4 Å². The summed E-state index contributed by atoms with van der Waals surface area (Å²) in [5, 5.41) is 27.0. The fraction of sp³-hybridized carbons (Fsp3) is 0.280. The molecule has 36 heavy (non-hydrogen) atoms. The molecule has 1 aromatic heterocycles. The summed E-state index contributed by atoms with van der Waals surface area (Å²) in [6.45, 7) is 1.01. The largest absolute Gasteiger partial charge is 0.508 e. The molecule has 3 amide bonds. The smallest absolute Gasteiger partial charge is 0.326 e. The van der Waals surface area contributed by atoms with Crippen LogP contribution in [-0.2, 0) is 32.0 Å². The zero-order valence-corrected chi connectivity index (χ0v) is 19.7. The highest BCUT2D eigenvalue weighted by Crippen LogP contribution is 2.18. The highest BCUT2D eigenvalue weighted by atomic mass is 16.4. The van der Waals surface area contributed by atoms with Crippen molar-refractivity contribution < 1.29 is 29.4 Å². The number of H-pyrrole nitrogens is 1. The van der Waals surface area contributed by atoms with Crippen LogP contribution in [-0.4, -0.2) is 63.6 Å². The Balaban J connectivity index is 1.45. The maximum Gasteiger partial charge on any atom is 0.326 e. The first-order valence-electron chi connectivity index (χ1n) is 11.3. The molecule has 0 saturated carbocycles. The van der Waals surface area contributed by atoms with Crippen molar-refractivity contribution in [3.63, 3.8) is 0 Å². The number of carboxylic acid groups (broad SMARTS) is 1. The van der Waals surface area contributed by atoms with Crippen LogP contribution in [0.4, 0.5) is 0 Å². The Labute approximate surface area is 207 Å². The summed E-state index contributed by atoms with van der Waals surface area (Å²) in [5.74, 6) is -3.05. The molecule has 8 N–H and O–H groups in total. The molecular formula is C25H29N5O6. The third kappa shape index (κ3) is 7.06. The molecule has 0 bridgehead atoms. The molecule has 0 spiro atoms. The van der Waals surface area contributed by atoms with Crippen molar-refractivity contribution in [1.82, 2.24) is 20.9 Å². The Bertz CT molecular complexity index is 1240. The normalized spacial score (nSPS) is 13.4. The van der Waals surface area contributed by atoms with Gasteiger partial charge in [0.1, 0.15) is 17.8 Å². The van der Waals surface area contributed by atoms with E-state index in [1.165, 1.54) is 19.1 Å². The van der Waals surface area contributed by atoms with Gasteiger partial charge >= 0.3 is 5.97 Å². The van der Waals surface area contributed by atoms with E-state index in [9.17, 15) is 29.4 Å². The van der Waals surface area contributed by atoms with Gasteiger partial charge in [0.2, 0.25) is 17.7 Å². The lowest BCUT2D eigenvalue weighted by molar-refractivity contribution is -0.142. The van der Waals surface area contributed by atoms with Crippen LogP contribution >= 0.6 is 0 Å². The van der Waals surface area contributed by atoms with Gasteiger partial charge in [-0.3, -0.25) is 14.4 Å². The summed E-state index contributed by atoms with van der Waals surface area (Å²) in [4.78, 5) is 51.7. The van der Waals surface area contributed by atoms with Crippen LogP contribution in [0.3, 0.4) is 0 Å². The number of benzene rings is 2. The molecule has 11 nitrogen and oxygen atoms in total. The Morgan fingerprint density at radius 2 is 1.67 bits per heavy atom. The minimum absolute atomic E-state index is 0.00754. The van der Waals surface area contributed by atoms with Crippen molar-refractivity contribution in [3.8, 4) is 5.75 Å². The predicted octanol–water partition coefficient (Wildman–Crippen LogP) is 0.176. The van der Waals surface area contributed by atoms with Gasteiger partial charge in [-0.15, -0.1) is 0 Å². The van der Waals surface area contributed by atoms with Crippen LogP contribution in [0.5, 0.6) is 5.75 Å². The standard InChI is InChI=1S/C25H29N5O6/c1-14(23(33)30-21(25(35)36)10-15-6-8-17(31)9-7-15)29-22(32)13-28-24(34)19(26)11-16-12-27-20-5-3-2-4-18(16)20/h2-9,12,14,19,21,27,31H,10-11,13,26H2,1H3,(H,28,34)(H,29,32)(H,30,33)(H,35,36). The number of hydrogen-bond acceptors (Lipinski definition) is 6. The summed E-state index contributed by atoms with van der Waals surface area (Å²) < 4.78 is 0. The third-order valence-corrected chi connectivity index (χ3v) is 5.64. The zero-order valence-electron chi connectivity index (χ0n) is 19.7. The molecule has 0 saturated heterocycles. The fourth-order valence-electron chi connectivity index (χ4n) is 3.65. The van der Waals surface area contributed by atoms with E-state index in [-0.39, 0.29) is 18.6 Å². The zero-order chi connectivity index (χ0) is 26.2. The third-order valence-electron chi connectivity index (χ3n) is 5.64. The minimum Gasteiger partial charge on any atom is -0.508 e. The van der Waals surface area contributed by atoms with Gasteiger partial charge < -0.3 is 36.9 Å². The number of carbonyl (C=O) groups excluding carboxylic acids is 3. The van der Waals surface area contributed by atoms with Gasteiger partial charge in [0, 0.05) is 23.5 Å². The molecule has 1 heterocycles. The van der Waals surface area contributed by atoms with Crippen LogP contribution in [0.25, 0.3) is 10.9 Å². The van der Waals surface area contributed by atoms with Gasteiger partial charge in [0.25, 0.3) is 0 Å². The van der Waals surface area contributed by atoms with Crippen LogP contribution in [0.15, 0.2) is 54.7 Å². The minimum atomic E-state index is -1.24. The highest BCUT2D eigenvalue weighted by Gasteiger charge is 2.24. The number of carbonyl (C=O) groups is 4. The molecule has 0 aliphatic rings. The van der Waals surface area contributed by atoms with Crippen molar-refractivity contribution >= 4 is 34.6 Å². The Kier molecular flexibility index (Phi) is 8.63. The van der Waals surface area contributed by atoms with Gasteiger partial charge in [-0.25, -0.2) is 4.79 Å². The number of amides is 3. The van der Waals surface area contributed by atoms with Crippen LogP contribution in [0.1, 0.15) is 18.1 Å². The lowest BCUT2D eigenvalue weighted by Crippen LogP contribution is -2.53. The molecule has 11 heteroatoms. The number of phenols is 1. The second-order valence-corrected chi connectivity index (χ2v) is 8.45. The first-order valence-corrected chi connectivity index (χ1v) is 11.3. The van der Waals surface area contributed by atoms with Crippen LogP contribution in [0.2, 0.25) is 0 Å². The Morgan fingerprint density at radius 3 is 2.36 bits per heavy atom. The van der Waals surface area contributed by atoms with Gasteiger partial charge in [-0.2, -0.15) is 0 Å². The topological polar surface area (TPSA) is 187 Å². The van der Waals surface area contributed by atoms with Crippen molar-refractivity contribution in [3.05, 3.63) is 65.9 Å². The monoisotopic (exact) mass is 495 g/mol.